The lowest BCUT2D eigenvalue weighted by molar-refractivity contribution is -0.138. The summed E-state index contributed by atoms with van der Waals surface area (Å²) in [5.41, 5.74) is 1.83. The van der Waals surface area contributed by atoms with Gasteiger partial charge in [0.1, 0.15) is 12.1 Å². The zero-order valence-electron chi connectivity index (χ0n) is 10.3. The molecule has 12 heteroatoms. The first kappa shape index (κ1) is 13.6. The Morgan fingerprint density at radius 2 is 2.33 bits per heavy atom. The molecule has 0 aromatic carbocycles. The van der Waals surface area contributed by atoms with E-state index in [1.54, 1.807) is 0 Å². The summed E-state index contributed by atoms with van der Waals surface area (Å²) in [6.07, 6.45) is 0. The average molecular weight is 325 g/mol. The number of aromatic nitrogens is 7. The maximum atomic E-state index is 11.8. The van der Waals surface area contributed by atoms with Crippen molar-refractivity contribution in [1.82, 2.24) is 34.8 Å². The number of thioether (sulfide) groups is 1. The van der Waals surface area contributed by atoms with Crippen molar-refractivity contribution in [1.29, 1.82) is 0 Å². The van der Waals surface area contributed by atoms with Crippen LogP contribution in [0.25, 0.3) is 4.96 Å². The normalized spacial score (nSPS) is 11.0. The monoisotopic (exact) mass is 325 g/mol. The second-order valence-corrected chi connectivity index (χ2v) is 5.57. The van der Waals surface area contributed by atoms with Gasteiger partial charge in [0, 0.05) is 11.8 Å². The van der Waals surface area contributed by atoms with Crippen molar-refractivity contribution in [3.8, 4) is 0 Å². The highest BCUT2D eigenvalue weighted by Crippen LogP contribution is 2.18. The molecule has 0 saturated heterocycles. The molecule has 0 spiro atoms. The molecule has 0 aliphatic heterocycles. The van der Waals surface area contributed by atoms with Gasteiger partial charge in [-0.05, 0) is 10.4 Å². The molecule has 3 aromatic heterocycles. The molecule has 3 aromatic rings. The molecule has 0 unspecified atom stereocenters. The molecule has 10 nitrogen and oxygen atoms in total. The van der Waals surface area contributed by atoms with Crippen LogP contribution in [0.2, 0.25) is 0 Å². The fraction of sp³-hybridized carbons (Fsp3) is 0.222. The first-order chi connectivity index (χ1) is 10.1. The average Bonchev–Trinajstić information content (AvgIpc) is 3.05. The van der Waals surface area contributed by atoms with Crippen LogP contribution in [-0.2, 0) is 17.1 Å². The summed E-state index contributed by atoms with van der Waals surface area (Å²) in [6.45, 7) is -0.320. The number of hydrogen-bond donors (Lipinski definition) is 1. The van der Waals surface area contributed by atoms with Crippen molar-refractivity contribution in [3.05, 3.63) is 27.6 Å². The van der Waals surface area contributed by atoms with E-state index in [1.165, 1.54) is 43.9 Å². The predicted octanol–water partition coefficient (Wildman–Crippen LogP) is -0.486. The molecule has 0 radical (unpaired) electrons. The standard InChI is InChI=1S/C9H7N7O3S2/c17-6-1-5(11-8-16(6)10-4-21-8)3-20-9-12-13-14-15(9)2-7(18)19/h1,4H,2-3H2,(H,18,19). The van der Waals surface area contributed by atoms with Crippen LogP contribution >= 0.6 is 23.1 Å². The number of carboxylic acid groups (broad SMARTS) is 1. The van der Waals surface area contributed by atoms with Gasteiger partial charge in [-0.25, -0.2) is 9.67 Å². The lowest BCUT2D eigenvalue weighted by Gasteiger charge is -2.01. The molecule has 0 atom stereocenters. The number of fused-ring (bicyclic) bond motifs is 1. The minimum absolute atomic E-state index is 0.262. The van der Waals surface area contributed by atoms with Crippen LogP contribution in [0.3, 0.4) is 0 Å². The van der Waals surface area contributed by atoms with Crippen LogP contribution in [0.1, 0.15) is 5.69 Å². The van der Waals surface area contributed by atoms with Crippen LogP contribution in [0, 0.1) is 0 Å². The number of aliphatic carboxylic acids is 1. The van der Waals surface area contributed by atoms with E-state index in [-0.39, 0.29) is 12.1 Å². The summed E-state index contributed by atoms with van der Waals surface area (Å²) < 4.78 is 2.39. The van der Waals surface area contributed by atoms with Crippen LogP contribution in [0.5, 0.6) is 0 Å². The van der Waals surface area contributed by atoms with Crippen LogP contribution in [0.4, 0.5) is 0 Å². The Balaban J connectivity index is 1.79. The second kappa shape index (κ2) is 5.57. The van der Waals surface area contributed by atoms with Gasteiger partial charge < -0.3 is 5.11 Å². The lowest BCUT2D eigenvalue weighted by Crippen LogP contribution is -2.15. The van der Waals surface area contributed by atoms with Gasteiger partial charge in [0.15, 0.2) is 0 Å². The fourth-order valence-electron chi connectivity index (χ4n) is 1.54. The largest absolute Gasteiger partial charge is 0.480 e. The van der Waals surface area contributed by atoms with Crippen molar-refractivity contribution in [3.63, 3.8) is 0 Å². The number of nitrogens with zero attached hydrogens (tertiary/aromatic N) is 7. The molecule has 0 aliphatic carbocycles. The van der Waals surface area contributed by atoms with Gasteiger partial charge in [-0.1, -0.05) is 23.1 Å². The van der Waals surface area contributed by atoms with Crippen molar-refractivity contribution >= 4 is 34.0 Å². The maximum Gasteiger partial charge on any atom is 0.325 e. The summed E-state index contributed by atoms with van der Waals surface area (Å²) in [5.74, 6) is -0.685. The minimum atomic E-state index is -1.04. The molecular formula is C9H7N7O3S2. The number of hydrogen-bond acceptors (Lipinski definition) is 9. The molecule has 21 heavy (non-hydrogen) atoms. The van der Waals surface area contributed by atoms with Gasteiger partial charge in [0.05, 0.1) is 5.69 Å². The third kappa shape index (κ3) is 2.90. The number of tetrazole rings is 1. The Hall–Kier alpha value is -2.34. The van der Waals surface area contributed by atoms with Crippen molar-refractivity contribution in [2.45, 2.75) is 17.5 Å². The van der Waals surface area contributed by atoms with E-state index < -0.39 is 5.97 Å². The van der Waals surface area contributed by atoms with E-state index in [0.717, 1.165) is 0 Å². The zero-order valence-corrected chi connectivity index (χ0v) is 11.9. The highest BCUT2D eigenvalue weighted by molar-refractivity contribution is 7.98. The molecule has 0 amide bonds. The molecule has 108 valence electrons. The smallest absolute Gasteiger partial charge is 0.325 e. The summed E-state index contributed by atoms with van der Waals surface area (Å²) in [5, 5.41) is 23.7. The van der Waals surface area contributed by atoms with Gasteiger partial charge in [-0.15, -0.1) is 5.10 Å². The van der Waals surface area contributed by atoms with E-state index in [1.807, 2.05) is 0 Å². The Bertz CT molecular complexity index is 854. The molecular weight excluding hydrogens is 318 g/mol. The molecule has 0 aliphatic rings. The van der Waals surface area contributed by atoms with E-state index in [0.29, 0.717) is 21.6 Å². The summed E-state index contributed by atoms with van der Waals surface area (Å²) in [7, 11) is 0. The van der Waals surface area contributed by atoms with Crippen LogP contribution in [0.15, 0.2) is 21.5 Å². The third-order valence-electron chi connectivity index (χ3n) is 2.37. The highest BCUT2D eigenvalue weighted by atomic mass is 32.2. The Morgan fingerprint density at radius 1 is 1.48 bits per heavy atom. The van der Waals surface area contributed by atoms with E-state index >= 15 is 0 Å². The van der Waals surface area contributed by atoms with Crippen molar-refractivity contribution in [2.75, 3.05) is 0 Å². The Morgan fingerprint density at radius 3 is 3.14 bits per heavy atom. The second-order valence-electron chi connectivity index (χ2n) is 3.82. The summed E-state index contributed by atoms with van der Waals surface area (Å²) in [6, 6.07) is 1.38. The van der Waals surface area contributed by atoms with Crippen molar-refractivity contribution in [2.24, 2.45) is 0 Å². The number of rotatable bonds is 5. The van der Waals surface area contributed by atoms with Gasteiger partial charge >= 0.3 is 5.97 Å². The van der Waals surface area contributed by atoms with E-state index in [9.17, 15) is 9.59 Å². The molecule has 1 N–H and O–H groups in total. The van der Waals surface area contributed by atoms with Gasteiger partial charge in [-0.3, -0.25) is 9.59 Å². The Labute approximate surface area is 124 Å². The highest BCUT2D eigenvalue weighted by Gasteiger charge is 2.11. The molecule has 0 bridgehead atoms. The maximum absolute atomic E-state index is 11.8. The minimum Gasteiger partial charge on any atom is -0.480 e. The molecule has 0 saturated carbocycles. The van der Waals surface area contributed by atoms with Gasteiger partial charge in [-0.2, -0.15) is 9.61 Å². The Kier molecular flexibility index (Phi) is 3.62. The summed E-state index contributed by atoms with van der Waals surface area (Å²) >= 11 is 2.46. The molecule has 3 rings (SSSR count). The number of carboxylic acids is 1. The number of carbonyl (C=O) groups is 1. The lowest BCUT2D eigenvalue weighted by atomic mass is 10.4. The predicted molar refractivity (Wildman–Crippen MR) is 72.1 cm³/mol. The first-order valence-electron chi connectivity index (χ1n) is 5.57. The SMILES string of the molecule is O=C(O)Cn1nnnc1SCc1cc(=O)n2ncsc2n1. The van der Waals surface area contributed by atoms with Gasteiger partial charge in [0.2, 0.25) is 10.1 Å². The van der Waals surface area contributed by atoms with Gasteiger partial charge in [0.25, 0.3) is 5.56 Å². The summed E-state index contributed by atoms with van der Waals surface area (Å²) in [4.78, 5) is 27.2. The van der Waals surface area contributed by atoms with Crippen LogP contribution < -0.4 is 5.56 Å². The molecule has 3 heterocycles. The van der Waals surface area contributed by atoms with Crippen molar-refractivity contribution < 1.29 is 9.90 Å². The first-order valence-corrected chi connectivity index (χ1v) is 7.43. The van der Waals surface area contributed by atoms with E-state index in [4.69, 9.17) is 5.11 Å². The topological polar surface area (TPSA) is 128 Å². The fourth-order valence-corrected chi connectivity index (χ4v) is 2.95. The quantitative estimate of drug-likeness (QED) is 0.618. The van der Waals surface area contributed by atoms with Crippen LogP contribution in [-0.4, -0.2) is 45.9 Å². The van der Waals surface area contributed by atoms with E-state index in [2.05, 4.69) is 25.6 Å². The zero-order chi connectivity index (χ0) is 14.8. The third-order valence-corrected chi connectivity index (χ3v) is 4.04. The molecule has 0 fully saturated rings.